The van der Waals surface area contributed by atoms with Crippen LogP contribution in [0.15, 0.2) is 60.7 Å². The summed E-state index contributed by atoms with van der Waals surface area (Å²) in [6.07, 6.45) is 0. The van der Waals surface area contributed by atoms with Gasteiger partial charge in [0.15, 0.2) is 5.13 Å². The van der Waals surface area contributed by atoms with Crippen molar-refractivity contribution in [2.45, 2.75) is 39.0 Å². The molecule has 1 aromatic heterocycles. The molecule has 4 N–H and O–H groups in total. The maximum Gasteiger partial charge on any atom is 0.328 e. The number of rotatable bonds is 5. The number of benzene rings is 3. The Morgan fingerprint density at radius 1 is 1.03 bits per heavy atom. The van der Waals surface area contributed by atoms with Gasteiger partial charge < -0.3 is 20.7 Å². The molecule has 11 heteroatoms. The SMILES string of the molecule is CC1NCc2ccc(NC(=O)c3ccc4nc(NC(=O)Nc5ccc(C(C)(C)F)cc5)sc4c3)cc2OC1=O. The Hall–Kier alpha value is -4.35. The zero-order valence-corrected chi connectivity index (χ0v) is 22.2. The molecule has 5 rings (SSSR count). The molecule has 0 fully saturated rings. The van der Waals surface area contributed by atoms with Crippen LogP contribution in [0.4, 0.5) is 25.7 Å². The van der Waals surface area contributed by atoms with Crippen LogP contribution in [0.5, 0.6) is 5.75 Å². The second-order valence-electron chi connectivity index (χ2n) is 9.63. The van der Waals surface area contributed by atoms with E-state index in [4.69, 9.17) is 4.74 Å². The summed E-state index contributed by atoms with van der Waals surface area (Å²) >= 11 is 1.22. The fraction of sp³-hybridized carbons (Fsp3) is 0.214. The highest BCUT2D eigenvalue weighted by atomic mass is 32.1. The van der Waals surface area contributed by atoms with Gasteiger partial charge in [0.2, 0.25) is 0 Å². The van der Waals surface area contributed by atoms with Crippen LogP contribution in [-0.2, 0) is 17.0 Å². The minimum atomic E-state index is -1.47. The Balaban J connectivity index is 1.24. The molecule has 2 heterocycles. The van der Waals surface area contributed by atoms with Crippen molar-refractivity contribution in [1.82, 2.24) is 10.3 Å². The van der Waals surface area contributed by atoms with Gasteiger partial charge in [0.25, 0.3) is 5.91 Å². The van der Waals surface area contributed by atoms with E-state index in [1.807, 2.05) is 0 Å². The Labute approximate surface area is 227 Å². The molecule has 1 aliphatic rings. The number of hydrogen-bond donors (Lipinski definition) is 4. The second kappa shape index (κ2) is 10.4. The molecular weight excluding hydrogens is 521 g/mol. The van der Waals surface area contributed by atoms with Gasteiger partial charge in [-0.15, -0.1) is 0 Å². The van der Waals surface area contributed by atoms with Crippen molar-refractivity contribution in [3.05, 3.63) is 77.4 Å². The molecule has 1 aliphatic heterocycles. The van der Waals surface area contributed by atoms with Crippen LogP contribution in [0.25, 0.3) is 10.2 Å². The third-order valence-electron chi connectivity index (χ3n) is 6.19. The molecule has 39 heavy (non-hydrogen) atoms. The quantitative estimate of drug-likeness (QED) is 0.185. The average molecular weight is 548 g/mol. The van der Waals surface area contributed by atoms with E-state index in [-0.39, 0.29) is 11.9 Å². The predicted octanol–water partition coefficient (Wildman–Crippen LogP) is 5.79. The number of ether oxygens (including phenoxy) is 1. The number of carbonyl (C=O) groups excluding carboxylic acids is 3. The summed E-state index contributed by atoms with van der Waals surface area (Å²) in [5, 5.41) is 11.7. The molecule has 9 nitrogen and oxygen atoms in total. The van der Waals surface area contributed by atoms with Gasteiger partial charge in [-0.2, -0.15) is 0 Å². The van der Waals surface area contributed by atoms with E-state index in [0.29, 0.717) is 50.1 Å². The highest BCUT2D eigenvalue weighted by Crippen LogP contribution is 2.29. The normalized spacial score (nSPS) is 15.2. The largest absolute Gasteiger partial charge is 0.425 e. The van der Waals surface area contributed by atoms with E-state index in [1.165, 1.54) is 25.2 Å². The minimum absolute atomic E-state index is 0.344. The molecule has 4 aromatic rings. The number of nitrogens with zero attached hydrogens (tertiary/aromatic N) is 1. The molecule has 0 radical (unpaired) electrons. The summed E-state index contributed by atoms with van der Waals surface area (Å²) < 4.78 is 20.2. The number of fused-ring (bicyclic) bond motifs is 2. The van der Waals surface area contributed by atoms with Gasteiger partial charge in [-0.3, -0.25) is 10.1 Å². The Bertz CT molecular complexity index is 1580. The molecule has 0 bridgehead atoms. The summed E-state index contributed by atoms with van der Waals surface area (Å²) in [6.45, 7) is 5.15. The van der Waals surface area contributed by atoms with Crippen molar-refractivity contribution in [3.8, 4) is 5.75 Å². The van der Waals surface area contributed by atoms with Gasteiger partial charge in [-0.25, -0.2) is 19.0 Å². The monoisotopic (exact) mass is 547 g/mol. The van der Waals surface area contributed by atoms with Gasteiger partial charge in [0.05, 0.1) is 10.2 Å². The van der Waals surface area contributed by atoms with Gasteiger partial charge in [-0.05, 0) is 62.7 Å². The first-order valence-corrected chi connectivity index (χ1v) is 13.0. The van der Waals surface area contributed by atoms with Crippen LogP contribution in [0.1, 0.15) is 42.3 Å². The molecule has 0 saturated carbocycles. The second-order valence-corrected chi connectivity index (χ2v) is 10.7. The number of carbonyl (C=O) groups is 3. The molecule has 0 spiro atoms. The van der Waals surface area contributed by atoms with Crippen molar-refractivity contribution in [1.29, 1.82) is 0 Å². The number of thiazole rings is 1. The first-order valence-electron chi connectivity index (χ1n) is 12.2. The molecule has 200 valence electrons. The standard InChI is InChI=1S/C28H26FN5O4S/c1-15-25(36)38-22-13-20(8-4-17(22)14-30-15)31-24(35)16-5-11-21-23(12-16)39-27(33-21)34-26(37)32-19-9-6-18(7-10-19)28(2,3)29/h4-13,15,30H,14H2,1-3H3,(H,31,35)(H2,32,33,34,37). The van der Waals surface area contributed by atoms with Crippen LogP contribution in [0.2, 0.25) is 0 Å². The van der Waals surface area contributed by atoms with Crippen LogP contribution in [-0.4, -0.2) is 28.9 Å². The van der Waals surface area contributed by atoms with Crippen LogP contribution < -0.4 is 26.0 Å². The fourth-order valence-electron chi connectivity index (χ4n) is 3.95. The topological polar surface area (TPSA) is 121 Å². The van der Waals surface area contributed by atoms with E-state index in [1.54, 1.807) is 67.6 Å². The maximum absolute atomic E-state index is 14.0. The summed E-state index contributed by atoms with van der Waals surface area (Å²) in [5.74, 6) is -0.322. The van der Waals surface area contributed by atoms with Crippen molar-refractivity contribution in [2.75, 3.05) is 16.0 Å². The zero-order chi connectivity index (χ0) is 27.7. The lowest BCUT2D eigenvalue weighted by Gasteiger charge is -2.15. The Morgan fingerprint density at radius 2 is 1.77 bits per heavy atom. The average Bonchev–Trinajstić information content (AvgIpc) is 3.22. The lowest BCUT2D eigenvalue weighted by molar-refractivity contribution is -0.135. The number of amides is 3. The number of anilines is 3. The lowest BCUT2D eigenvalue weighted by atomic mass is 10.0. The van der Waals surface area contributed by atoms with Crippen LogP contribution in [0.3, 0.4) is 0 Å². The Kier molecular flexibility index (Phi) is 7.02. The smallest absolute Gasteiger partial charge is 0.328 e. The number of halogens is 1. The van der Waals surface area contributed by atoms with Crippen LogP contribution >= 0.6 is 11.3 Å². The first-order chi connectivity index (χ1) is 18.5. The van der Waals surface area contributed by atoms with Crippen molar-refractivity contribution in [2.24, 2.45) is 0 Å². The summed E-state index contributed by atoms with van der Waals surface area (Å²) in [4.78, 5) is 41.8. The number of urea groups is 1. The molecule has 0 saturated heterocycles. The molecule has 3 amide bonds. The van der Waals surface area contributed by atoms with Gasteiger partial charge in [0, 0.05) is 35.1 Å². The third kappa shape index (κ3) is 6.05. The van der Waals surface area contributed by atoms with Crippen LogP contribution in [0, 0.1) is 0 Å². The predicted molar refractivity (Wildman–Crippen MR) is 149 cm³/mol. The first kappa shape index (κ1) is 26.3. The van der Waals surface area contributed by atoms with Gasteiger partial charge >= 0.3 is 12.0 Å². The van der Waals surface area contributed by atoms with E-state index in [0.717, 1.165) is 5.56 Å². The molecule has 0 aliphatic carbocycles. The molecule has 1 atom stereocenters. The van der Waals surface area contributed by atoms with Gasteiger partial charge in [0.1, 0.15) is 17.5 Å². The summed E-state index contributed by atoms with van der Waals surface area (Å²) in [5.41, 5.74) is 1.90. The minimum Gasteiger partial charge on any atom is -0.425 e. The summed E-state index contributed by atoms with van der Waals surface area (Å²) in [7, 11) is 0. The lowest BCUT2D eigenvalue weighted by Crippen LogP contribution is -2.33. The van der Waals surface area contributed by atoms with E-state index >= 15 is 0 Å². The highest BCUT2D eigenvalue weighted by Gasteiger charge is 2.22. The van der Waals surface area contributed by atoms with E-state index in [2.05, 4.69) is 26.3 Å². The van der Waals surface area contributed by atoms with E-state index in [9.17, 15) is 18.8 Å². The number of alkyl halides is 1. The molecule has 1 unspecified atom stereocenters. The maximum atomic E-state index is 14.0. The summed E-state index contributed by atoms with van der Waals surface area (Å²) in [6, 6.07) is 15.8. The Morgan fingerprint density at radius 3 is 2.51 bits per heavy atom. The third-order valence-corrected chi connectivity index (χ3v) is 7.12. The number of aromatic nitrogens is 1. The highest BCUT2D eigenvalue weighted by molar-refractivity contribution is 7.22. The number of esters is 1. The molecule has 3 aromatic carbocycles. The van der Waals surface area contributed by atoms with Crippen molar-refractivity contribution >= 4 is 56.0 Å². The fourth-order valence-corrected chi connectivity index (χ4v) is 4.85. The molecular formula is C28H26FN5O4S. The number of nitrogens with one attached hydrogen (secondary N) is 4. The zero-order valence-electron chi connectivity index (χ0n) is 21.4. The number of hydrogen-bond acceptors (Lipinski definition) is 7. The van der Waals surface area contributed by atoms with E-state index < -0.39 is 17.7 Å². The van der Waals surface area contributed by atoms with Crippen molar-refractivity contribution < 1.29 is 23.5 Å². The van der Waals surface area contributed by atoms with Crippen molar-refractivity contribution in [3.63, 3.8) is 0 Å². The van der Waals surface area contributed by atoms with Gasteiger partial charge in [-0.1, -0.05) is 29.5 Å².